The van der Waals surface area contributed by atoms with Gasteiger partial charge in [0.2, 0.25) is 0 Å². The van der Waals surface area contributed by atoms with E-state index >= 15 is 0 Å². The van der Waals surface area contributed by atoms with E-state index in [0.717, 1.165) is 70.6 Å². The number of ether oxygens (including phenoxy) is 1. The summed E-state index contributed by atoms with van der Waals surface area (Å²) in [4.78, 5) is 22.0. The average Bonchev–Trinajstić information content (AvgIpc) is 2.53. The van der Waals surface area contributed by atoms with Crippen LogP contribution in [0.25, 0.3) is 0 Å². The average molecular weight is 344 g/mol. The minimum Gasteiger partial charge on any atom is -0.481 e. The number of aliphatic carboxylic acids is 1. The lowest BCUT2D eigenvalue weighted by Crippen LogP contribution is -2.27. The fourth-order valence-corrected chi connectivity index (χ4v) is 2.56. The van der Waals surface area contributed by atoms with Gasteiger partial charge in [0, 0.05) is 12.8 Å². The first-order valence-corrected chi connectivity index (χ1v) is 9.43. The molecule has 0 amide bonds. The number of carboxylic acid groups (broad SMARTS) is 1. The molecule has 0 aromatic carbocycles. The maximum Gasteiger partial charge on any atom is 0.307 e. The van der Waals surface area contributed by atoms with Gasteiger partial charge in [0.05, 0.1) is 0 Å². The van der Waals surface area contributed by atoms with Crippen molar-refractivity contribution in [3.05, 3.63) is 0 Å². The van der Waals surface area contributed by atoms with Gasteiger partial charge in [-0.3, -0.25) is 15.3 Å². The molecule has 0 aromatic heterocycles. The lowest BCUT2D eigenvalue weighted by molar-refractivity contribution is -0.149. The molecule has 0 bridgehead atoms. The first kappa shape index (κ1) is 22.9. The van der Waals surface area contributed by atoms with Gasteiger partial charge in [-0.15, -0.1) is 0 Å². The molecule has 0 spiro atoms. The van der Waals surface area contributed by atoms with Crippen LogP contribution in [0.4, 0.5) is 0 Å². The van der Waals surface area contributed by atoms with E-state index in [-0.39, 0.29) is 12.4 Å². The molecule has 0 aliphatic carbocycles. The molecule has 0 aliphatic rings. The molecule has 142 valence electrons. The third-order valence-corrected chi connectivity index (χ3v) is 4.00. The monoisotopic (exact) mass is 344 g/mol. The summed E-state index contributed by atoms with van der Waals surface area (Å²) in [6.07, 6.45) is 12.0. The van der Waals surface area contributed by atoms with Crippen molar-refractivity contribution in [2.24, 2.45) is 11.5 Å². The lowest BCUT2D eigenvalue weighted by atomic mass is 10.1. The SMILES string of the molecule is NCCCCCC(N)OC(=O)CCCCCCCCCCC(=O)O. The third-order valence-electron chi connectivity index (χ3n) is 4.00. The van der Waals surface area contributed by atoms with Crippen LogP contribution >= 0.6 is 0 Å². The fourth-order valence-electron chi connectivity index (χ4n) is 2.56. The highest BCUT2D eigenvalue weighted by Gasteiger charge is 2.09. The second-order valence-corrected chi connectivity index (χ2v) is 6.39. The zero-order chi connectivity index (χ0) is 18.0. The van der Waals surface area contributed by atoms with Gasteiger partial charge in [0.25, 0.3) is 0 Å². The summed E-state index contributed by atoms with van der Waals surface area (Å²) >= 11 is 0. The number of rotatable bonds is 17. The Hall–Kier alpha value is -1.14. The molecule has 0 saturated heterocycles. The second-order valence-electron chi connectivity index (χ2n) is 6.39. The van der Waals surface area contributed by atoms with E-state index in [1.165, 1.54) is 0 Å². The Morgan fingerprint density at radius 1 is 0.792 bits per heavy atom. The smallest absolute Gasteiger partial charge is 0.307 e. The zero-order valence-electron chi connectivity index (χ0n) is 15.0. The molecule has 0 heterocycles. The molecule has 0 radical (unpaired) electrons. The highest BCUT2D eigenvalue weighted by Crippen LogP contribution is 2.11. The van der Waals surface area contributed by atoms with Gasteiger partial charge in [0.1, 0.15) is 0 Å². The van der Waals surface area contributed by atoms with Crippen molar-refractivity contribution in [2.75, 3.05) is 6.54 Å². The largest absolute Gasteiger partial charge is 0.481 e. The second kappa shape index (κ2) is 16.7. The quantitative estimate of drug-likeness (QED) is 0.212. The standard InChI is InChI=1S/C18H36N2O4/c19-15-11-7-8-12-16(20)24-18(23)14-10-6-4-2-1-3-5-9-13-17(21)22/h16H,1-15,19-20H2,(H,21,22). The lowest BCUT2D eigenvalue weighted by Gasteiger charge is -2.12. The van der Waals surface area contributed by atoms with Crippen LogP contribution in [-0.4, -0.2) is 29.8 Å². The number of esters is 1. The van der Waals surface area contributed by atoms with Gasteiger partial charge in [0.15, 0.2) is 6.23 Å². The summed E-state index contributed by atoms with van der Waals surface area (Å²) in [6.45, 7) is 0.692. The van der Waals surface area contributed by atoms with Crippen LogP contribution in [0, 0.1) is 0 Å². The number of unbranched alkanes of at least 4 members (excludes halogenated alkanes) is 9. The maximum absolute atomic E-state index is 11.6. The van der Waals surface area contributed by atoms with Crippen molar-refractivity contribution < 1.29 is 19.4 Å². The Labute approximate surface area is 146 Å². The van der Waals surface area contributed by atoms with Crippen LogP contribution in [0.3, 0.4) is 0 Å². The molecule has 6 nitrogen and oxygen atoms in total. The first-order valence-electron chi connectivity index (χ1n) is 9.43. The van der Waals surface area contributed by atoms with Crippen molar-refractivity contribution in [1.82, 2.24) is 0 Å². The Balaban J connectivity index is 3.32. The molecule has 6 heteroatoms. The van der Waals surface area contributed by atoms with Crippen molar-refractivity contribution in [3.63, 3.8) is 0 Å². The molecule has 0 saturated carbocycles. The van der Waals surface area contributed by atoms with Crippen molar-refractivity contribution >= 4 is 11.9 Å². The van der Waals surface area contributed by atoms with E-state index in [0.29, 0.717) is 19.4 Å². The van der Waals surface area contributed by atoms with Crippen molar-refractivity contribution in [3.8, 4) is 0 Å². The van der Waals surface area contributed by atoms with Gasteiger partial charge in [-0.1, -0.05) is 44.9 Å². The summed E-state index contributed by atoms with van der Waals surface area (Å²) in [5.74, 6) is -0.910. The van der Waals surface area contributed by atoms with E-state index in [4.69, 9.17) is 21.3 Å². The molecule has 1 atom stereocenters. The van der Waals surface area contributed by atoms with Crippen LogP contribution in [0.15, 0.2) is 0 Å². The Morgan fingerprint density at radius 2 is 1.29 bits per heavy atom. The molecule has 0 aromatic rings. The summed E-state index contributed by atoms with van der Waals surface area (Å²) in [5, 5.41) is 8.53. The van der Waals surface area contributed by atoms with Gasteiger partial charge in [-0.05, 0) is 38.6 Å². The minimum atomic E-state index is -0.711. The number of hydrogen-bond acceptors (Lipinski definition) is 5. The van der Waals surface area contributed by atoms with E-state index in [2.05, 4.69) is 0 Å². The van der Waals surface area contributed by atoms with Crippen LogP contribution < -0.4 is 11.5 Å². The first-order chi connectivity index (χ1) is 11.6. The Bertz CT molecular complexity index is 324. The van der Waals surface area contributed by atoms with E-state index < -0.39 is 12.2 Å². The minimum absolute atomic E-state index is 0.199. The van der Waals surface area contributed by atoms with Crippen LogP contribution in [-0.2, 0) is 14.3 Å². The van der Waals surface area contributed by atoms with Crippen molar-refractivity contribution in [2.45, 2.75) is 96.1 Å². The Morgan fingerprint density at radius 3 is 1.83 bits per heavy atom. The zero-order valence-corrected chi connectivity index (χ0v) is 15.0. The number of hydrogen-bond donors (Lipinski definition) is 3. The molecule has 0 aliphatic heterocycles. The van der Waals surface area contributed by atoms with Crippen LogP contribution in [0.2, 0.25) is 0 Å². The van der Waals surface area contributed by atoms with Crippen LogP contribution in [0.5, 0.6) is 0 Å². The van der Waals surface area contributed by atoms with Gasteiger partial charge < -0.3 is 15.6 Å². The molecular formula is C18H36N2O4. The fraction of sp³-hybridized carbons (Fsp3) is 0.889. The number of carbonyl (C=O) groups is 2. The highest BCUT2D eigenvalue weighted by atomic mass is 16.6. The van der Waals surface area contributed by atoms with Crippen LogP contribution in [0.1, 0.15) is 89.9 Å². The maximum atomic E-state index is 11.6. The summed E-state index contributed by atoms with van der Waals surface area (Å²) in [5.41, 5.74) is 11.2. The van der Waals surface area contributed by atoms with Crippen molar-refractivity contribution in [1.29, 1.82) is 0 Å². The van der Waals surface area contributed by atoms with E-state index in [1.807, 2.05) is 0 Å². The molecule has 0 fully saturated rings. The van der Waals surface area contributed by atoms with Gasteiger partial charge >= 0.3 is 11.9 Å². The summed E-state index contributed by atoms with van der Waals surface area (Å²) in [6, 6.07) is 0. The van der Waals surface area contributed by atoms with Gasteiger partial charge in [-0.25, -0.2) is 0 Å². The summed E-state index contributed by atoms with van der Waals surface area (Å²) < 4.78 is 5.18. The predicted molar refractivity (Wildman–Crippen MR) is 95.4 cm³/mol. The predicted octanol–water partition coefficient (Wildman–Crippen LogP) is 3.32. The number of nitrogens with two attached hydrogens (primary N) is 2. The molecule has 5 N–H and O–H groups in total. The molecular weight excluding hydrogens is 308 g/mol. The molecule has 0 rings (SSSR count). The molecule has 24 heavy (non-hydrogen) atoms. The third kappa shape index (κ3) is 17.2. The number of carboxylic acids is 1. The van der Waals surface area contributed by atoms with E-state index in [9.17, 15) is 9.59 Å². The van der Waals surface area contributed by atoms with Gasteiger partial charge in [-0.2, -0.15) is 0 Å². The highest BCUT2D eigenvalue weighted by molar-refractivity contribution is 5.69. The van der Waals surface area contributed by atoms with E-state index in [1.54, 1.807) is 0 Å². The Kier molecular flexibility index (Phi) is 15.9. The molecule has 1 unspecified atom stereocenters. The summed E-state index contributed by atoms with van der Waals surface area (Å²) in [7, 11) is 0. The number of carbonyl (C=O) groups excluding carboxylic acids is 1. The normalized spacial score (nSPS) is 12.1. The topological polar surface area (TPSA) is 116 Å².